The Balaban J connectivity index is 2.57. The quantitative estimate of drug-likeness (QED) is 0.618. The van der Waals surface area contributed by atoms with Crippen LogP contribution < -0.4 is 0 Å². The molecular formula is C22H26O3S. The summed E-state index contributed by atoms with van der Waals surface area (Å²) >= 11 is 1.53. The maximum absolute atomic E-state index is 12.0. The second-order valence-electron chi connectivity index (χ2n) is 6.39. The molecule has 3 nitrogen and oxygen atoms in total. The molecule has 1 heterocycles. The minimum atomic E-state index is -0.273. The van der Waals surface area contributed by atoms with Gasteiger partial charge in [-0.2, -0.15) is 0 Å². The van der Waals surface area contributed by atoms with E-state index in [2.05, 4.69) is 43.9 Å². The van der Waals surface area contributed by atoms with Crippen molar-refractivity contribution >= 4 is 17.3 Å². The Morgan fingerprint density at radius 1 is 1.19 bits per heavy atom. The molecule has 0 amide bonds. The van der Waals surface area contributed by atoms with E-state index in [9.17, 15) is 4.79 Å². The highest BCUT2D eigenvalue weighted by molar-refractivity contribution is 7.14. The van der Waals surface area contributed by atoms with Crippen molar-refractivity contribution in [2.45, 2.75) is 46.0 Å². The fourth-order valence-corrected chi connectivity index (χ4v) is 4.84. The van der Waals surface area contributed by atoms with Crippen LogP contribution in [0.1, 0.15) is 63.5 Å². The first-order valence-electron chi connectivity index (χ1n) is 8.83. The number of carbonyl (C=O) groups excluding carboxylic acids is 1. The topological polar surface area (TPSA) is 46.5 Å². The molecular weight excluding hydrogens is 344 g/mol. The van der Waals surface area contributed by atoms with E-state index in [0.29, 0.717) is 4.88 Å². The Morgan fingerprint density at radius 2 is 1.88 bits per heavy atom. The number of aryl methyl sites for hydroxylation is 2. The van der Waals surface area contributed by atoms with Crippen molar-refractivity contribution in [3.05, 3.63) is 56.3 Å². The first-order chi connectivity index (χ1) is 12.4. The third kappa shape index (κ3) is 3.70. The minimum absolute atomic E-state index is 0.139. The zero-order chi connectivity index (χ0) is 19.3. The standard InChI is InChI=1S/C22H26O3S/c1-6-22(7-2,19-14-16(4)20(26-19)21(24)25-5)18-11-10-17(9-8-12-23)15(3)13-18/h10-11,13-14,23H,6-7,12H2,1-5H3. The van der Waals surface area contributed by atoms with E-state index in [1.165, 1.54) is 28.9 Å². The second kappa shape index (κ2) is 8.53. The molecule has 1 aromatic heterocycles. The molecule has 138 valence electrons. The highest BCUT2D eigenvalue weighted by Crippen LogP contribution is 2.43. The number of esters is 1. The molecule has 0 saturated heterocycles. The Bertz CT molecular complexity index is 848. The Hall–Kier alpha value is -2.09. The lowest BCUT2D eigenvalue weighted by Crippen LogP contribution is -2.25. The number of hydrogen-bond donors (Lipinski definition) is 1. The number of rotatable bonds is 5. The maximum atomic E-state index is 12.0. The van der Waals surface area contributed by atoms with E-state index in [1.54, 1.807) is 0 Å². The third-order valence-electron chi connectivity index (χ3n) is 5.05. The van der Waals surface area contributed by atoms with Crippen LogP contribution in [-0.2, 0) is 10.2 Å². The van der Waals surface area contributed by atoms with Gasteiger partial charge in [0.15, 0.2) is 0 Å². The van der Waals surface area contributed by atoms with E-state index >= 15 is 0 Å². The summed E-state index contributed by atoms with van der Waals surface area (Å²) in [6.07, 6.45) is 1.87. The van der Waals surface area contributed by atoms with Gasteiger partial charge < -0.3 is 9.84 Å². The van der Waals surface area contributed by atoms with Gasteiger partial charge in [0.25, 0.3) is 0 Å². The molecule has 0 bridgehead atoms. The number of thiophene rings is 1. The van der Waals surface area contributed by atoms with Crippen molar-refractivity contribution in [1.82, 2.24) is 0 Å². The summed E-state index contributed by atoms with van der Waals surface area (Å²) in [6, 6.07) is 8.45. The van der Waals surface area contributed by atoms with Gasteiger partial charge in [-0.05, 0) is 55.5 Å². The average molecular weight is 371 g/mol. The zero-order valence-corrected chi connectivity index (χ0v) is 16.9. The Kier molecular flexibility index (Phi) is 6.63. The SMILES string of the molecule is CCC(CC)(c1ccc(C#CCO)c(C)c1)c1cc(C)c(C(=O)OC)s1. The van der Waals surface area contributed by atoms with Crippen LogP contribution in [-0.4, -0.2) is 24.8 Å². The van der Waals surface area contributed by atoms with E-state index < -0.39 is 0 Å². The average Bonchev–Trinajstić information content (AvgIpc) is 3.04. The molecule has 4 heteroatoms. The van der Waals surface area contributed by atoms with Crippen LogP contribution in [0.15, 0.2) is 24.3 Å². The van der Waals surface area contributed by atoms with Crippen molar-refractivity contribution in [1.29, 1.82) is 0 Å². The number of hydrogen-bond acceptors (Lipinski definition) is 4. The molecule has 1 N–H and O–H groups in total. The van der Waals surface area contributed by atoms with Crippen LogP contribution in [0.5, 0.6) is 0 Å². The Morgan fingerprint density at radius 3 is 2.42 bits per heavy atom. The number of methoxy groups -OCH3 is 1. The fourth-order valence-electron chi connectivity index (χ4n) is 3.40. The third-order valence-corrected chi connectivity index (χ3v) is 6.47. The summed E-state index contributed by atoms with van der Waals surface area (Å²) in [6.45, 7) is 8.23. The van der Waals surface area contributed by atoms with Gasteiger partial charge >= 0.3 is 5.97 Å². The van der Waals surface area contributed by atoms with E-state index in [4.69, 9.17) is 9.84 Å². The van der Waals surface area contributed by atoms with Crippen LogP contribution in [0, 0.1) is 25.7 Å². The second-order valence-corrected chi connectivity index (χ2v) is 7.45. The molecule has 0 aliphatic heterocycles. The minimum Gasteiger partial charge on any atom is -0.465 e. The molecule has 0 saturated carbocycles. The summed E-state index contributed by atoms with van der Waals surface area (Å²) < 4.78 is 4.92. The molecule has 0 atom stereocenters. The predicted molar refractivity (Wildman–Crippen MR) is 107 cm³/mol. The van der Waals surface area contributed by atoms with Crippen LogP contribution in [0.2, 0.25) is 0 Å². The van der Waals surface area contributed by atoms with Crippen molar-refractivity contribution in [3.8, 4) is 11.8 Å². The fraction of sp³-hybridized carbons (Fsp3) is 0.409. The molecule has 0 fully saturated rings. The van der Waals surface area contributed by atoms with Crippen molar-refractivity contribution in [2.75, 3.05) is 13.7 Å². The summed E-state index contributed by atoms with van der Waals surface area (Å²) in [7, 11) is 1.42. The lowest BCUT2D eigenvalue weighted by atomic mass is 9.74. The molecule has 0 radical (unpaired) electrons. The van der Waals surface area contributed by atoms with Gasteiger partial charge in [0.1, 0.15) is 11.5 Å². The van der Waals surface area contributed by atoms with E-state index in [0.717, 1.165) is 29.5 Å². The van der Waals surface area contributed by atoms with Gasteiger partial charge in [0.2, 0.25) is 0 Å². The van der Waals surface area contributed by atoms with E-state index in [-0.39, 0.29) is 18.0 Å². The Labute approximate surface area is 160 Å². The lowest BCUT2D eigenvalue weighted by molar-refractivity contribution is 0.0605. The highest BCUT2D eigenvalue weighted by atomic mass is 32.1. The zero-order valence-electron chi connectivity index (χ0n) is 16.1. The van der Waals surface area contributed by atoms with Crippen LogP contribution >= 0.6 is 11.3 Å². The van der Waals surface area contributed by atoms with Crippen LogP contribution in [0.3, 0.4) is 0 Å². The van der Waals surface area contributed by atoms with Crippen molar-refractivity contribution < 1.29 is 14.6 Å². The summed E-state index contributed by atoms with van der Waals surface area (Å²) in [4.78, 5) is 13.9. The first-order valence-corrected chi connectivity index (χ1v) is 9.65. The van der Waals surface area contributed by atoms with Gasteiger partial charge in [-0.25, -0.2) is 4.79 Å². The summed E-state index contributed by atoms with van der Waals surface area (Å²) in [5, 5.41) is 8.91. The normalized spacial score (nSPS) is 11.0. The molecule has 2 aromatic rings. The maximum Gasteiger partial charge on any atom is 0.348 e. The van der Waals surface area contributed by atoms with Gasteiger partial charge in [0.05, 0.1) is 7.11 Å². The monoisotopic (exact) mass is 370 g/mol. The lowest BCUT2D eigenvalue weighted by Gasteiger charge is -2.32. The molecule has 0 spiro atoms. The first kappa shape index (κ1) is 20.2. The number of aliphatic hydroxyl groups is 1. The molecule has 2 rings (SSSR count). The van der Waals surface area contributed by atoms with Gasteiger partial charge in [-0.3, -0.25) is 0 Å². The number of benzene rings is 1. The van der Waals surface area contributed by atoms with Gasteiger partial charge in [-0.15, -0.1) is 11.3 Å². The predicted octanol–water partition coefficient (Wildman–Crippen LogP) is 4.60. The molecule has 1 aromatic carbocycles. The molecule has 0 aliphatic carbocycles. The van der Waals surface area contributed by atoms with Crippen molar-refractivity contribution in [3.63, 3.8) is 0 Å². The molecule has 0 unspecified atom stereocenters. The smallest absolute Gasteiger partial charge is 0.348 e. The molecule has 0 aliphatic rings. The van der Waals surface area contributed by atoms with Gasteiger partial charge in [0, 0.05) is 15.9 Å². The number of aliphatic hydroxyl groups excluding tert-OH is 1. The summed E-state index contributed by atoms with van der Waals surface area (Å²) in [5.74, 6) is 5.43. The van der Waals surface area contributed by atoms with Crippen LogP contribution in [0.4, 0.5) is 0 Å². The van der Waals surface area contributed by atoms with Crippen molar-refractivity contribution in [2.24, 2.45) is 0 Å². The van der Waals surface area contributed by atoms with E-state index in [1.807, 2.05) is 19.9 Å². The van der Waals surface area contributed by atoms with Crippen LogP contribution in [0.25, 0.3) is 0 Å². The highest BCUT2D eigenvalue weighted by Gasteiger charge is 2.34. The number of carbonyl (C=O) groups is 1. The largest absolute Gasteiger partial charge is 0.465 e. The number of ether oxygens (including phenoxy) is 1. The molecule has 26 heavy (non-hydrogen) atoms. The van der Waals surface area contributed by atoms with Gasteiger partial charge in [-0.1, -0.05) is 37.8 Å². The summed E-state index contributed by atoms with van der Waals surface area (Å²) in [5.41, 5.74) is 4.07.